The van der Waals surface area contributed by atoms with E-state index in [1.54, 1.807) is 24.0 Å². The number of ether oxygens (including phenoxy) is 2. The molecule has 0 atom stereocenters. The van der Waals surface area contributed by atoms with Crippen molar-refractivity contribution in [2.75, 3.05) is 26.1 Å². The second-order valence-electron chi connectivity index (χ2n) is 7.41. The van der Waals surface area contributed by atoms with Gasteiger partial charge in [-0.25, -0.2) is 4.98 Å². The van der Waals surface area contributed by atoms with Gasteiger partial charge >= 0.3 is 6.01 Å². The molecule has 9 heteroatoms. The third kappa shape index (κ3) is 3.64. The molecule has 9 nitrogen and oxygen atoms in total. The minimum atomic E-state index is 0.303. The lowest BCUT2D eigenvalue weighted by molar-refractivity contribution is 0.275. The number of nitrogens with zero attached hydrogens (tertiary/aromatic N) is 7. The molecule has 0 fully saturated rings. The van der Waals surface area contributed by atoms with Crippen molar-refractivity contribution in [3.05, 3.63) is 66.5 Å². The number of benzene rings is 1. The zero-order valence-electron chi connectivity index (χ0n) is 17.9. The molecule has 0 aliphatic carbocycles. The number of anilines is 1. The van der Waals surface area contributed by atoms with Crippen LogP contribution in [0.2, 0.25) is 0 Å². The van der Waals surface area contributed by atoms with E-state index in [2.05, 4.69) is 25.3 Å². The lowest BCUT2D eigenvalue weighted by Crippen LogP contribution is -2.10. The van der Waals surface area contributed by atoms with Gasteiger partial charge in [-0.2, -0.15) is 9.61 Å². The number of hydrogen-bond donors (Lipinski definition) is 0. The SMILES string of the molecule is COc1ccc2c(COc3nnc4ccc(-c5ccc(N(C)C)nc5)nn34)ccnc2c1. The van der Waals surface area contributed by atoms with E-state index < -0.39 is 0 Å². The third-order valence-corrected chi connectivity index (χ3v) is 5.13. The van der Waals surface area contributed by atoms with E-state index in [-0.39, 0.29) is 0 Å². The van der Waals surface area contributed by atoms with E-state index in [0.717, 1.165) is 39.3 Å². The van der Waals surface area contributed by atoms with Crippen LogP contribution in [0, 0.1) is 0 Å². The van der Waals surface area contributed by atoms with Crippen LogP contribution >= 0.6 is 0 Å². The van der Waals surface area contributed by atoms with Crippen molar-refractivity contribution in [3.8, 4) is 23.0 Å². The lowest BCUT2D eigenvalue weighted by Gasteiger charge is -2.11. The molecule has 0 amide bonds. The van der Waals surface area contributed by atoms with Crippen molar-refractivity contribution in [3.63, 3.8) is 0 Å². The Labute approximate surface area is 184 Å². The van der Waals surface area contributed by atoms with E-state index in [1.165, 1.54) is 0 Å². The molecule has 5 aromatic rings. The van der Waals surface area contributed by atoms with Crippen LogP contribution in [0.1, 0.15) is 5.56 Å². The van der Waals surface area contributed by atoms with Crippen molar-refractivity contribution in [1.29, 1.82) is 0 Å². The van der Waals surface area contributed by atoms with Gasteiger partial charge in [0, 0.05) is 49.1 Å². The highest BCUT2D eigenvalue weighted by Gasteiger charge is 2.12. The smallest absolute Gasteiger partial charge is 0.339 e. The Morgan fingerprint density at radius 3 is 2.66 bits per heavy atom. The fourth-order valence-corrected chi connectivity index (χ4v) is 3.40. The summed E-state index contributed by atoms with van der Waals surface area (Å²) in [5, 5.41) is 14.0. The Morgan fingerprint density at radius 2 is 1.88 bits per heavy atom. The number of pyridine rings is 2. The Balaban J connectivity index is 1.43. The first-order valence-corrected chi connectivity index (χ1v) is 10.0. The molecule has 0 radical (unpaired) electrons. The van der Waals surface area contributed by atoms with E-state index in [0.29, 0.717) is 18.3 Å². The summed E-state index contributed by atoms with van der Waals surface area (Å²) in [5.74, 6) is 1.64. The van der Waals surface area contributed by atoms with Crippen molar-refractivity contribution in [2.45, 2.75) is 6.61 Å². The quantitative estimate of drug-likeness (QED) is 0.407. The van der Waals surface area contributed by atoms with Gasteiger partial charge in [0.25, 0.3) is 0 Å². The van der Waals surface area contributed by atoms with Crippen LogP contribution in [0.5, 0.6) is 11.8 Å². The maximum absolute atomic E-state index is 6.00. The molecule has 0 unspecified atom stereocenters. The standard InChI is InChI=1S/C23H21N7O2/c1-29(2)21-8-4-15(13-25-21)19-7-9-22-26-27-23(30(22)28-19)32-14-16-10-11-24-20-12-17(31-3)5-6-18(16)20/h4-13H,14H2,1-3H3. The fraction of sp³-hybridized carbons (Fsp3) is 0.174. The largest absolute Gasteiger partial charge is 0.497 e. The summed E-state index contributed by atoms with van der Waals surface area (Å²) in [6, 6.07) is 15.7. The van der Waals surface area contributed by atoms with Crippen molar-refractivity contribution in [1.82, 2.24) is 29.8 Å². The number of fused-ring (bicyclic) bond motifs is 2. The van der Waals surface area contributed by atoms with Crippen molar-refractivity contribution < 1.29 is 9.47 Å². The molecule has 0 saturated carbocycles. The van der Waals surface area contributed by atoms with Gasteiger partial charge in [0.2, 0.25) is 0 Å². The van der Waals surface area contributed by atoms with Crippen LogP contribution in [0.25, 0.3) is 27.8 Å². The summed E-state index contributed by atoms with van der Waals surface area (Å²) >= 11 is 0. The van der Waals surface area contributed by atoms with Gasteiger partial charge in [-0.15, -0.1) is 5.10 Å². The van der Waals surface area contributed by atoms with Gasteiger partial charge in [0.05, 0.1) is 18.3 Å². The van der Waals surface area contributed by atoms with E-state index in [1.807, 2.05) is 67.5 Å². The highest BCUT2D eigenvalue weighted by Crippen LogP contribution is 2.24. The van der Waals surface area contributed by atoms with Crippen LogP contribution in [0.4, 0.5) is 5.82 Å². The van der Waals surface area contributed by atoms with Gasteiger partial charge in [0.1, 0.15) is 18.2 Å². The average molecular weight is 427 g/mol. The van der Waals surface area contributed by atoms with Crippen molar-refractivity contribution >= 4 is 22.4 Å². The fourth-order valence-electron chi connectivity index (χ4n) is 3.40. The molecule has 160 valence electrons. The minimum absolute atomic E-state index is 0.303. The molecule has 32 heavy (non-hydrogen) atoms. The molecule has 0 spiro atoms. The number of aromatic nitrogens is 6. The van der Waals surface area contributed by atoms with Gasteiger partial charge < -0.3 is 14.4 Å². The average Bonchev–Trinajstić information content (AvgIpc) is 3.24. The number of hydrogen-bond acceptors (Lipinski definition) is 8. The molecule has 0 bridgehead atoms. The summed E-state index contributed by atoms with van der Waals surface area (Å²) in [6.07, 6.45) is 3.55. The second-order valence-corrected chi connectivity index (χ2v) is 7.41. The van der Waals surface area contributed by atoms with Gasteiger partial charge in [-0.3, -0.25) is 4.98 Å². The predicted octanol–water partition coefficient (Wildman–Crippen LogP) is 3.39. The molecular formula is C23H21N7O2. The molecule has 5 rings (SSSR count). The summed E-state index contributed by atoms with van der Waals surface area (Å²) in [6.45, 7) is 0.303. The summed E-state index contributed by atoms with van der Waals surface area (Å²) in [5.41, 5.74) is 4.07. The molecule has 0 N–H and O–H groups in total. The Hall–Kier alpha value is -4.27. The first-order chi connectivity index (χ1) is 15.6. The second kappa shape index (κ2) is 8.10. The zero-order chi connectivity index (χ0) is 22.1. The highest BCUT2D eigenvalue weighted by molar-refractivity contribution is 5.83. The van der Waals surface area contributed by atoms with Crippen LogP contribution in [0.3, 0.4) is 0 Å². The Morgan fingerprint density at radius 1 is 0.969 bits per heavy atom. The molecule has 4 aromatic heterocycles. The van der Waals surface area contributed by atoms with Crippen LogP contribution in [-0.4, -0.2) is 51.0 Å². The van der Waals surface area contributed by atoms with E-state index >= 15 is 0 Å². The van der Waals surface area contributed by atoms with Crippen LogP contribution in [-0.2, 0) is 6.61 Å². The maximum Gasteiger partial charge on any atom is 0.339 e. The molecule has 0 aliphatic rings. The summed E-state index contributed by atoms with van der Waals surface area (Å²) in [4.78, 5) is 10.8. The maximum atomic E-state index is 6.00. The summed E-state index contributed by atoms with van der Waals surface area (Å²) in [7, 11) is 5.55. The normalized spacial score (nSPS) is 11.1. The molecule has 1 aromatic carbocycles. The number of methoxy groups -OCH3 is 1. The first kappa shape index (κ1) is 19.7. The van der Waals surface area contributed by atoms with Crippen LogP contribution < -0.4 is 14.4 Å². The summed E-state index contributed by atoms with van der Waals surface area (Å²) < 4.78 is 12.9. The Kier molecular flexibility index (Phi) is 4.98. The van der Waals surface area contributed by atoms with Gasteiger partial charge in [-0.05, 0) is 42.5 Å². The zero-order valence-corrected chi connectivity index (χ0v) is 17.9. The van der Waals surface area contributed by atoms with E-state index in [4.69, 9.17) is 9.47 Å². The molecular weight excluding hydrogens is 406 g/mol. The highest BCUT2D eigenvalue weighted by atomic mass is 16.5. The number of rotatable bonds is 6. The first-order valence-electron chi connectivity index (χ1n) is 10.0. The third-order valence-electron chi connectivity index (χ3n) is 5.13. The van der Waals surface area contributed by atoms with Gasteiger partial charge in [0.15, 0.2) is 5.65 Å². The molecule has 0 saturated heterocycles. The van der Waals surface area contributed by atoms with E-state index in [9.17, 15) is 0 Å². The van der Waals surface area contributed by atoms with Crippen molar-refractivity contribution in [2.24, 2.45) is 0 Å². The Bertz CT molecular complexity index is 1400. The van der Waals surface area contributed by atoms with Crippen LogP contribution in [0.15, 0.2) is 60.9 Å². The minimum Gasteiger partial charge on any atom is -0.497 e. The lowest BCUT2D eigenvalue weighted by atomic mass is 10.1. The molecule has 0 aliphatic heterocycles. The predicted molar refractivity (Wildman–Crippen MR) is 121 cm³/mol. The monoisotopic (exact) mass is 427 g/mol. The molecule has 4 heterocycles. The van der Waals surface area contributed by atoms with Gasteiger partial charge in [-0.1, -0.05) is 5.10 Å². The topological polar surface area (TPSA) is 90.6 Å².